The number of rotatable bonds is 6. The van der Waals surface area contributed by atoms with Crippen molar-refractivity contribution in [1.82, 2.24) is 9.97 Å². The van der Waals surface area contributed by atoms with Gasteiger partial charge in [-0.2, -0.15) is 0 Å². The molecule has 2 rings (SSSR count). The molecule has 6 heteroatoms. The third kappa shape index (κ3) is 2.96. The zero-order chi connectivity index (χ0) is 13.7. The lowest BCUT2D eigenvalue weighted by Crippen LogP contribution is -2.19. The quantitative estimate of drug-likeness (QED) is 0.860. The van der Waals surface area contributed by atoms with Crippen LogP contribution < -0.4 is 15.0 Å². The normalized spacial score (nSPS) is 10.3. The molecule has 0 atom stereocenters. The van der Waals surface area contributed by atoms with Crippen molar-refractivity contribution in [3.8, 4) is 5.75 Å². The minimum Gasteiger partial charge on any atom is -0.490 e. The summed E-state index contributed by atoms with van der Waals surface area (Å²) in [5.41, 5.74) is 1.08. The van der Waals surface area contributed by atoms with Gasteiger partial charge in [-0.25, -0.2) is 9.97 Å². The minimum absolute atomic E-state index is 0.648. The van der Waals surface area contributed by atoms with E-state index < -0.39 is 0 Å². The Labute approximate surface area is 112 Å². The number of aromatic nitrogens is 2. The van der Waals surface area contributed by atoms with Crippen molar-refractivity contribution >= 4 is 11.6 Å². The van der Waals surface area contributed by atoms with Crippen LogP contribution in [0.25, 0.3) is 0 Å². The number of methoxy groups -OCH3 is 1. The topological polar surface area (TPSA) is 63.4 Å². The van der Waals surface area contributed by atoms with Crippen LogP contribution >= 0.6 is 0 Å². The van der Waals surface area contributed by atoms with Crippen molar-refractivity contribution in [2.45, 2.75) is 13.5 Å². The molecule has 0 saturated heterocycles. The van der Waals surface area contributed by atoms with E-state index in [4.69, 9.17) is 9.15 Å². The van der Waals surface area contributed by atoms with Gasteiger partial charge in [0.1, 0.15) is 6.33 Å². The molecule has 0 aliphatic rings. The van der Waals surface area contributed by atoms with Gasteiger partial charge in [-0.05, 0) is 13.0 Å². The Bertz CT molecular complexity index is 513. The summed E-state index contributed by atoms with van der Waals surface area (Å²) in [7, 11) is 3.57. The van der Waals surface area contributed by atoms with E-state index >= 15 is 0 Å². The zero-order valence-electron chi connectivity index (χ0n) is 11.4. The first-order valence-corrected chi connectivity index (χ1v) is 6.11. The smallest absolute Gasteiger partial charge is 0.204 e. The van der Waals surface area contributed by atoms with Gasteiger partial charge in [0.25, 0.3) is 0 Å². The van der Waals surface area contributed by atoms with Crippen LogP contribution in [0.4, 0.5) is 11.6 Å². The van der Waals surface area contributed by atoms with Gasteiger partial charge in [0.05, 0.1) is 19.6 Å². The SMILES string of the molecule is CCNc1ncnc(N(C)Cc2ccoc2)c1OC. The molecule has 0 aliphatic carbocycles. The fourth-order valence-electron chi connectivity index (χ4n) is 1.85. The third-order valence-electron chi connectivity index (χ3n) is 2.69. The molecule has 2 aromatic heterocycles. The summed E-state index contributed by atoms with van der Waals surface area (Å²) in [5.74, 6) is 2.10. The number of nitrogens with zero attached hydrogens (tertiary/aromatic N) is 3. The minimum atomic E-state index is 0.648. The lowest BCUT2D eigenvalue weighted by molar-refractivity contribution is 0.412. The van der Waals surface area contributed by atoms with Crippen LogP contribution in [0.1, 0.15) is 12.5 Å². The van der Waals surface area contributed by atoms with Crippen LogP contribution in [0.3, 0.4) is 0 Å². The van der Waals surface area contributed by atoms with Crippen LogP contribution in [-0.4, -0.2) is 30.7 Å². The van der Waals surface area contributed by atoms with Crippen LogP contribution in [0.2, 0.25) is 0 Å². The Morgan fingerprint density at radius 1 is 1.42 bits per heavy atom. The highest BCUT2D eigenvalue weighted by Gasteiger charge is 2.15. The van der Waals surface area contributed by atoms with Crippen molar-refractivity contribution in [1.29, 1.82) is 0 Å². The summed E-state index contributed by atoms with van der Waals surface area (Å²) in [4.78, 5) is 10.5. The molecule has 102 valence electrons. The summed E-state index contributed by atoms with van der Waals surface area (Å²) < 4.78 is 10.5. The van der Waals surface area contributed by atoms with Crippen molar-refractivity contribution in [3.63, 3.8) is 0 Å². The highest BCUT2D eigenvalue weighted by atomic mass is 16.5. The van der Waals surface area contributed by atoms with Gasteiger partial charge in [0.2, 0.25) is 5.75 Å². The van der Waals surface area contributed by atoms with Crippen LogP contribution in [0, 0.1) is 0 Å². The Balaban J connectivity index is 2.25. The van der Waals surface area contributed by atoms with Crippen molar-refractivity contribution in [2.75, 3.05) is 30.9 Å². The van der Waals surface area contributed by atoms with E-state index in [1.807, 2.05) is 24.9 Å². The molecule has 0 unspecified atom stereocenters. The molecule has 19 heavy (non-hydrogen) atoms. The summed E-state index contributed by atoms with van der Waals surface area (Å²) >= 11 is 0. The highest BCUT2D eigenvalue weighted by molar-refractivity contribution is 5.64. The second-order valence-electron chi connectivity index (χ2n) is 4.10. The Hall–Kier alpha value is -2.24. The molecule has 2 heterocycles. The largest absolute Gasteiger partial charge is 0.490 e. The van der Waals surface area contributed by atoms with Crippen molar-refractivity contribution in [2.24, 2.45) is 0 Å². The summed E-state index contributed by atoms with van der Waals surface area (Å²) in [6.07, 6.45) is 4.90. The lowest BCUT2D eigenvalue weighted by Gasteiger charge is -2.21. The van der Waals surface area contributed by atoms with E-state index in [1.165, 1.54) is 6.33 Å². The van der Waals surface area contributed by atoms with Gasteiger partial charge in [0, 0.05) is 25.7 Å². The molecule has 0 saturated carbocycles. The molecule has 1 N–H and O–H groups in total. The first kappa shape index (κ1) is 13.2. The number of hydrogen-bond donors (Lipinski definition) is 1. The second kappa shape index (κ2) is 6.08. The van der Waals surface area contributed by atoms with Crippen molar-refractivity contribution in [3.05, 3.63) is 30.5 Å². The summed E-state index contributed by atoms with van der Waals surface area (Å²) in [5, 5.41) is 3.16. The second-order valence-corrected chi connectivity index (χ2v) is 4.10. The van der Waals surface area contributed by atoms with Crippen LogP contribution in [0.5, 0.6) is 5.75 Å². The predicted molar refractivity (Wildman–Crippen MR) is 73.6 cm³/mol. The fraction of sp³-hybridized carbons (Fsp3) is 0.385. The predicted octanol–water partition coefficient (Wildman–Crippen LogP) is 2.15. The van der Waals surface area contributed by atoms with E-state index in [-0.39, 0.29) is 0 Å². The molecule has 0 fully saturated rings. The molecule has 0 radical (unpaired) electrons. The van der Waals surface area contributed by atoms with E-state index in [2.05, 4.69) is 15.3 Å². The van der Waals surface area contributed by atoms with E-state index in [1.54, 1.807) is 19.6 Å². The molecule has 0 spiro atoms. The first-order chi connectivity index (χ1) is 9.26. The lowest BCUT2D eigenvalue weighted by atomic mass is 10.3. The Morgan fingerprint density at radius 3 is 2.89 bits per heavy atom. The monoisotopic (exact) mass is 262 g/mol. The molecular formula is C13H18N4O2. The number of furan rings is 1. The standard InChI is InChI=1S/C13H18N4O2/c1-4-14-12-11(18-3)13(16-9-15-12)17(2)7-10-5-6-19-8-10/h5-6,8-9H,4,7H2,1-3H3,(H,14,15,16). The molecule has 6 nitrogen and oxygen atoms in total. The molecular weight excluding hydrogens is 244 g/mol. The summed E-state index contributed by atoms with van der Waals surface area (Å²) in [6.45, 7) is 3.48. The first-order valence-electron chi connectivity index (χ1n) is 6.11. The molecule has 0 aromatic carbocycles. The maximum atomic E-state index is 5.42. The van der Waals surface area contributed by atoms with Gasteiger partial charge >= 0.3 is 0 Å². The average Bonchev–Trinajstić information content (AvgIpc) is 2.91. The maximum Gasteiger partial charge on any atom is 0.204 e. The molecule has 2 aromatic rings. The van der Waals surface area contributed by atoms with Gasteiger partial charge in [-0.3, -0.25) is 0 Å². The molecule has 0 bridgehead atoms. The highest BCUT2D eigenvalue weighted by Crippen LogP contribution is 2.31. The van der Waals surface area contributed by atoms with Crippen LogP contribution in [0.15, 0.2) is 29.3 Å². The number of hydrogen-bond acceptors (Lipinski definition) is 6. The number of ether oxygens (including phenoxy) is 1. The van der Waals surface area contributed by atoms with Gasteiger partial charge in [0.15, 0.2) is 11.6 Å². The Morgan fingerprint density at radius 2 is 2.26 bits per heavy atom. The number of nitrogens with one attached hydrogen (secondary N) is 1. The van der Waals surface area contributed by atoms with E-state index in [9.17, 15) is 0 Å². The average molecular weight is 262 g/mol. The van der Waals surface area contributed by atoms with Crippen molar-refractivity contribution < 1.29 is 9.15 Å². The zero-order valence-corrected chi connectivity index (χ0v) is 11.4. The fourth-order valence-corrected chi connectivity index (χ4v) is 1.85. The molecule has 0 aliphatic heterocycles. The van der Waals surface area contributed by atoms with Gasteiger partial charge < -0.3 is 19.4 Å². The number of anilines is 2. The maximum absolute atomic E-state index is 5.42. The third-order valence-corrected chi connectivity index (χ3v) is 2.69. The van der Waals surface area contributed by atoms with E-state index in [0.29, 0.717) is 18.1 Å². The molecule has 0 amide bonds. The Kier molecular flexibility index (Phi) is 4.22. The summed E-state index contributed by atoms with van der Waals surface area (Å²) in [6, 6.07) is 1.93. The van der Waals surface area contributed by atoms with Gasteiger partial charge in [-0.15, -0.1) is 0 Å². The van der Waals surface area contributed by atoms with Gasteiger partial charge in [-0.1, -0.05) is 0 Å². The van der Waals surface area contributed by atoms with Crippen LogP contribution in [-0.2, 0) is 6.54 Å². The van der Waals surface area contributed by atoms with E-state index in [0.717, 1.165) is 17.9 Å².